The summed E-state index contributed by atoms with van der Waals surface area (Å²) in [5, 5.41) is -0.840. The molecule has 0 spiro atoms. The number of hydrogen-bond donors (Lipinski definition) is 0. The molecule has 0 radical (unpaired) electrons. The van der Waals surface area contributed by atoms with Gasteiger partial charge < -0.3 is 4.42 Å². The minimum absolute atomic E-state index is 0.0606. The van der Waals surface area contributed by atoms with E-state index in [0.717, 1.165) is 17.7 Å². The van der Waals surface area contributed by atoms with Gasteiger partial charge in [-0.25, -0.2) is 8.78 Å². The Labute approximate surface area is 111 Å². The van der Waals surface area contributed by atoms with E-state index < -0.39 is 17.0 Å². The molecule has 0 fully saturated rings. The van der Waals surface area contributed by atoms with E-state index in [9.17, 15) is 8.78 Å². The van der Waals surface area contributed by atoms with E-state index in [-0.39, 0.29) is 10.0 Å². The van der Waals surface area contributed by atoms with Crippen molar-refractivity contribution in [1.82, 2.24) is 0 Å². The van der Waals surface area contributed by atoms with Crippen LogP contribution in [0.4, 0.5) is 8.78 Å². The molecule has 1 nitrogen and oxygen atoms in total. The van der Waals surface area contributed by atoms with Gasteiger partial charge >= 0.3 is 0 Å². The topological polar surface area (TPSA) is 13.1 Å². The third-order valence-electron chi connectivity index (χ3n) is 2.44. The summed E-state index contributed by atoms with van der Waals surface area (Å²) in [5.41, 5.74) is 0.859. The monoisotopic (exact) mass is 320 g/mol. The van der Waals surface area contributed by atoms with Gasteiger partial charge in [-0.1, -0.05) is 0 Å². The lowest BCUT2D eigenvalue weighted by atomic mass is 10.1. The third-order valence-corrected chi connectivity index (χ3v) is 3.49. The summed E-state index contributed by atoms with van der Waals surface area (Å²) in [6.45, 7) is 1.79. The lowest BCUT2D eigenvalue weighted by Crippen LogP contribution is -1.99. The van der Waals surface area contributed by atoms with Crippen molar-refractivity contribution in [1.29, 1.82) is 0 Å². The second-order valence-electron chi connectivity index (χ2n) is 3.62. The van der Waals surface area contributed by atoms with Crippen molar-refractivity contribution in [2.75, 3.05) is 0 Å². The Morgan fingerprint density at radius 2 is 2.00 bits per heavy atom. The highest BCUT2D eigenvalue weighted by Crippen LogP contribution is 2.34. The van der Waals surface area contributed by atoms with Crippen LogP contribution in [0.15, 0.2) is 33.4 Å². The molecule has 0 amide bonds. The number of benzene rings is 1. The Morgan fingerprint density at radius 1 is 1.29 bits per heavy atom. The molecule has 1 heterocycles. The van der Waals surface area contributed by atoms with Crippen molar-refractivity contribution < 1.29 is 13.2 Å². The zero-order valence-electron chi connectivity index (χ0n) is 8.81. The standard InChI is InChI=1S/C12H8BrClF2O/c1-6-2-3-17-12(6)11(14)7-4-10(16)8(13)5-9(7)15/h2-5,11H,1H3. The second kappa shape index (κ2) is 4.78. The molecule has 0 N–H and O–H groups in total. The van der Waals surface area contributed by atoms with Crippen LogP contribution in [-0.2, 0) is 0 Å². The van der Waals surface area contributed by atoms with Crippen molar-refractivity contribution >= 4 is 27.5 Å². The Hall–Kier alpha value is -0.870. The van der Waals surface area contributed by atoms with Crippen LogP contribution in [0, 0.1) is 18.6 Å². The van der Waals surface area contributed by atoms with Crippen molar-refractivity contribution in [2.45, 2.75) is 12.3 Å². The third kappa shape index (κ3) is 2.38. The van der Waals surface area contributed by atoms with Gasteiger partial charge in [-0.15, -0.1) is 11.6 Å². The maximum Gasteiger partial charge on any atom is 0.137 e. The molecular weight excluding hydrogens is 313 g/mol. The molecule has 90 valence electrons. The fourth-order valence-corrected chi connectivity index (χ4v) is 2.22. The van der Waals surface area contributed by atoms with Crippen molar-refractivity contribution in [2.24, 2.45) is 0 Å². The van der Waals surface area contributed by atoms with E-state index in [1.165, 1.54) is 6.26 Å². The summed E-state index contributed by atoms with van der Waals surface area (Å²) >= 11 is 9.00. The SMILES string of the molecule is Cc1ccoc1C(Cl)c1cc(F)c(Br)cc1F. The predicted octanol–water partition coefficient (Wildman–Crippen LogP) is 4.96. The molecule has 0 saturated heterocycles. The molecule has 2 rings (SSSR count). The highest BCUT2D eigenvalue weighted by atomic mass is 79.9. The Bertz CT molecular complexity index is 553. The smallest absolute Gasteiger partial charge is 0.137 e. The van der Waals surface area contributed by atoms with Crippen LogP contribution in [0.2, 0.25) is 0 Å². The van der Waals surface area contributed by atoms with Gasteiger partial charge in [0.25, 0.3) is 0 Å². The normalized spacial score (nSPS) is 12.8. The van der Waals surface area contributed by atoms with Gasteiger partial charge in [-0.3, -0.25) is 0 Å². The first kappa shape index (κ1) is 12.6. The van der Waals surface area contributed by atoms with Gasteiger partial charge in [-0.2, -0.15) is 0 Å². The van der Waals surface area contributed by atoms with E-state index >= 15 is 0 Å². The molecule has 1 atom stereocenters. The van der Waals surface area contributed by atoms with Crippen molar-refractivity contribution in [3.05, 3.63) is 57.5 Å². The van der Waals surface area contributed by atoms with Gasteiger partial charge in [0.05, 0.1) is 10.7 Å². The fraction of sp³-hybridized carbons (Fsp3) is 0.167. The molecule has 0 bridgehead atoms. The molecule has 1 aromatic heterocycles. The van der Waals surface area contributed by atoms with Gasteiger partial charge in [0.2, 0.25) is 0 Å². The summed E-state index contributed by atoms with van der Waals surface area (Å²) < 4.78 is 32.3. The molecule has 1 unspecified atom stereocenters. The van der Waals surface area contributed by atoms with E-state index in [4.69, 9.17) is 16.0 Å². The quantitative estimate of drug-likeness (QED) is 0.563. The van der Waals surface area contributed by atoms with Crippen molar-refractivity contribution in [3.8, 4) is 0 Å². The molecular formula is C12H8BrClF2O. The number of furan rings is 1. The summed E-state index contributed by atoms with van der Waals surface area (Å²) in [7, 11) is 0. The average Bonchev–Trinajstić information content (AvgIpc) is 2.69. The second-order valence-corrected chi connectivity index (χ2v) is 4.91. The van der Waals surface area contributed by atoms with Crippen molar-refractivity contribution in [3.63, 3.8) is 0 Å². The maximum atomic E-state index is 13.7. The zero-order valence-corrected chi connectivity index (χ0v) is 11.1. The molecule has 0 saturated carbocycles. The largest absolute Gasteiger partial charge is 0.467 e. The van der Waals surface area contributed by atoms with Gasteiger partial charge in [-0.05, 0) is 46.6 Å². The first-order valence-electron chi connectivity index (χ1n) is 4.83. The summed E-state index contributed by atoms with van der Waals surface area (Å²) in [4.78, 5) is 0. The van der Waals surface area contributed by atoms with E-state index in [1.54, 1.807) is 13.0 Å². The van der Waals surface area contributed by atoms with Crippen LogP contribution in [0.25, 0.3) is 0 Å². The lowest BCUT2D eigenvalue weighted by Gasteiger charge is -2.10. The number of aryl methyl sites for hydroxylation is 1. The van der Waals surface area contributed by atoms with E-state index in [1.807, 2.05) is 0 Å². The highest BCUT2D eigenvalue weighted by molar-refractivity contribution is 9.10. The molecule has 1 aromatic carbocycles. The first-order chi connectivity index (χ1) is 8.00. The van der Waals surface area contributed by atoms with Crippen LogP contribution < -0.4 is 0 Å². The van der Waals surface area contributed by atoms with Crippen LogP contribution >= 0.6 is 27.5 Å². The summed E-state index contributed by atoms with van der Waals surface area (Å²) in [6, 6.07) is 3.84. The summed E-state index contributed by atoms with van der Waals surface area (Å²) in [6.07, 6.45) is 1.47. The molecule has 0 aliphatic carbocycles. The summed E-state index contributed by atoms with van der Waals surface area (Å²) in [5.74, 6) is -0.711. The molecule has 0 aliphatic heterocycles. The minimum Gasteiger partial charge on any atom is -0.467 e. The predicted molar refractivity (Wildman–Crippen MR) is 65.2 cm³/mol. The number of hydrogen-bond acceptors (Lipinski definition) is 1. The van der Waals surface area contributed by atoms with Crippen LogP contribution in [0.5, 0.6) is 0 Å². The molecule has 5 heteroatoms. The highest BCUT2D eigenvalue weighted by Gasteiger charge is 2.21. The maximum absolute atomic E-state index is 13.7. The van der Waals surface area contributed by atoms with E-state index in [0.29, 0.717) is 5.76 Å². The molecule has 2 aromatic rings. The average molecular weight is 322 g/mol. The Morgan fingerprint density at radius 3 is 2.59 bits per heavy atom. The fourth-order valence-electron chi connectivity index (χ4n) is 1.52. The van der Waals surface area contributed by atoms with Crippen LogP contribution in [0.1, 0.15) is 22.3 Å². The van der Waals surface area contributed by atoms with Crippen LogP contribution in [-0.4, -0.2) is 0 Å². The number of rotatable bonds is 2. The number of alkyl halides is 1. The zero-order chi connectivity index (χ0) is 12.6. The molecule has 0 aliphatic rings. The van der Waals surface area contributed by atoms with Crippen LogP contribution in [0.3, 0.4) is 0 Å². The Balaban J connectivity index is 2.48. The Kier molecular flexibility index (Phi) is 3.54. The minimum atomic E-state index is -0.840. The van der Waals surface area contributed by atoms with Gasteiger partial charge in [0, 0.05) is 5.56 Å². The van der Waals surface area contributed by atoms with E-state index in [2.05, 4.69) is 15.9 Å². The lowest BCUT2D eigenvalue weighted by molar-refractivity contribution is 0.505. The van der Waals surface area contributed by atoms with Gasteiger partial charge in [0.15, 0.2) is 0 Å². The van der Waals surface area contributed by atoms with Gasteiger partial charge in [0.1, 0.15) is 22.8 Å². The molecule has 17 heavy (non-hydrogen) atoms. The first-order valence-corrected chi connectivity index (χ1v) is 6.06. The number of halogens is 4.